The van der Waals surface area contributed by atoms with E-state index in [0.29, 0.717) is 42.2 Å². The highest BCUT2D eigenvalue weighted by Crippen LogP contribution is 2.16. The molecule has 8 nitrogen and oxygen atoms in total. The van der Waals surface area contributed by atoms with Crippen molar-refractivity contribution in [2.75, 3.05) is 39.8 Å². The molecule has 0 N–H and O–H groups in total. The third kappa shape index (κ3) is 4.71. The van der Waals surface area contributed by atoms with Gasteiger partial charge in [-0.3, -0.25) is 18.7 Å². The third-order valence-corrected chi connectivity index (χ3v) is 6.09. The molecule has 2 aromatic carbocycles. The van der Waals surface area contributed by atoms with Crippen molar-refractivity contribution in [2.24, 2.45) is 0 Å². The number of anilines is 1. The van der Waals surface area contributed by atoms with Gasteiger partial charge in [0.1, 0.15) is 0 Å². The molecule has 0 atom stereocenters. The summed E-state index contributed by atoms with van der Waals surface area (Å²) >= 11 is 5.81. The maximum Gasteiger partial charge on any atom is 0.262 e. The number of rotatable bonds is 9. The lowest BCUT2D eigenvalue weighted by atomic mass is 10.2. The summed E-state index contributed by atoms with van der Waals surface area (Å²) in [6.07, 6.45) is 0.715. The Morgan fingerprint density at radius 3 is 2.48 bits per heavy atom. The molecule has 33 heavy (non-hydrogen) atoms. The number of hydrogen-bond acceptors (Lipinski definition) is 6. The number of fused-ring (bicyclic) bond motifs is 3. The van der Waals surface area contributed by atoms with E-state index in [1.54, 1.807) is 16.4 Å². The summed E-state index contributed by atoms with van der Waals surface area (Å²) in [4.78, 5) is 17.4. The molecular formula is C24H30N6O2S. The minimum absolute atomic E-state index is 0.0595. The van der Waals surface area contributed by atoms with Crippen LogP contribution in [-0.2, 0) is 24.5 Å². The summed E-state index contributed by atoms with van der Waals surface area (Å²) in [6, 6.07) is 16.0. The van der Waals surface area contributed by atoms with Gasteiger partial charge in [0.05, 0.1) is 17.6 Å². The maximum absolute atomic E-state index is 13.2. The van der Waals surface area contributed by atoms with Crippen LogP contribution in [0.2, 0.25) is 0 Å². The van der Waals surface area contributed by atoms with Crippen LogP contribution < -0.4 is 10.5 Å². The molecule has 2 heterocycles. The van der Waals surface area contributed by atoms with E-state index in [4.69, 9.17) is 22.1 Å². The summed E-state index contributed by atoms with van der Waals surface area (Å²) in [7, 11) is 7.76. The van der Waals surface area contributed by atoms with E-state index in [1.165, 1.54) is 11.3 Å². The molecule has 0 fully saturated rings. The highest BCUT2D eigenvalue weighted by Gasteiger charge is 2.16. The fourth-order valence-electron chi connectivity index (χ4n) is 4.02. The van der Waals surface area contributed by atoms with Gasteiger partial charge in [-0.25, -0.2) is 4.68 Å². The zero-order chi connectivity index (χ0) is 23.5. The molecular weight excluding hydrogens is 436 g/mol. The molecule has 2 aromatic heterocycles. The summed E-state index contributed by atoms with van der Waals surface area (Å²) < 4.78 is 11.1. The molecule has 4 rings (SSSR count). The number of para-hydroxylation sites is 1. The second-order valence-electron chi connectivity index (χ2n) is 8.45. The molecule has 0 unspecified atom stereocenters. The van der Waals surface area contributed by atoms with Crippen LogP contribution in [0.25, 0.3) is 16.7 Å². The standard InChI is InChI=1S/C24H30N6O2S/c1-26(2)19-12-10-18(11-13-19)16-27(3)17-29-24(33)30-21-9-6-5-8-20(21)22(31)28(23(30)25-29)14-7-15-32-4/h5-6,8-13H,7,14-17H2,1-4H3. The average Bonchev–Trinajstić information content (AvgIpc) is 3.12. The Bertz CT molecular complexity index is 1370. The van der Waals surface area contributed by atoms with Crippen molar-refractivity contribution in [3.63, 3.8) is 0 Å². The predicted octanol–water partition coefficient (Wildman–Crippen LogP) is 3.37. The van der Waals surface area contributed by atoms with Gasteiger partial charge < -0.3 is 9.64 Å². The van der Waals surface area contributed by atoms with E-state index in [2.05, 4.69) is 34.1 Å². The lowest BCUT2D eigenvalue weighted by Gasteiger charge is -2.17. The van der Waals surface area contributed by atoms with Crippen LogP contribution in [0.1, 0.15) is 12.0 Å². The van der Waals surface area contributed by atoms with Gasteiger partial charge in [-0.05, 0) is 55.5 Å². The van der Waals surface area contributed by atoms with Crippen LogP contribution in [0.3, 0.4) is 0 Å². The fourth-order valence-corrected chi connectivity index (χ4v) is 4.30. The lowest BCUT2D eigenvalue weighted by Crippen LogP contribution is -2.24. The molecule has 0 spiro atoms. The van der Waals surface area contributed by atoms with Crippen LogP contribution in [0.4, 0.5) is 5.69 Å². The molecule has 0 radical (unpaired) electrons. The van der Waals surface area contributed by atoms with Crippen LogP contribution >= 0.6 is 12.2 Å². The molecule has 0 bridgehead atoms. The van der Waals surface area contributed by atoms with Gasteiger partial charge in [-0.2, -0.15) is 0 Å². The number of methoxy groups -OCH3 is 1. The Kier molecular flexibility index (Phi) is 6.92. The summed E-state index contributed by atoms with van der Waals surface area (Å²) in [5, 5.41) is 5.40. The predicted molar refractivity (Wildman–Crippen MR) is 135 cm³/mol. The lowest BCUT2D eigenvalue weighted by molar-refractivity contribution is 0.190. The largest absolute Gasteiger partial charge is 0.385 e. The quantitative estimate of drug-likeness (QED) is 0.278. The van der Waals surface area contributed by atoms with Crippen molar-refractivity contribution in [2.45, 2.75) is 26.2 Å². The zero-order valence-corrected chi connectivity index (χ0v) is 20.4. The summed E-state index contributed by atoms with van der Waals surface area (Å²) in [5.74, 6) is 0.559. The minimum atomic E-state index is -0.0595. The van der Waals surface area contributed by atoms with Crippen molar-refractivity contribution in [1.82, 2.24) is 23.6 Å². The normalized spacial score (nSPS) is 11.7. The second kappa shape index (κ2) is 9.86. The minimum Gasteiger partial charge on any atom is -0.385 e. The number of nitrogens with zero attached hydrogens (tertiary/aromatic N) is 6. The van der Waals surface area contributed by atoms with Crippen LogP contribution in [0, 0.1) is 4.77 Å². The van der Waals surface area contributed by atoms with Crippen molar-refractivity contribution in [3.05, 3.63) is 69.2 Å². The molecule has 0 aliphatic carbocycles. The number of hydrogen-bond donors (Lipinski definition) is 0. The first-order chi connectivity index (χ1) is 15.9. The van der Waals surface area contributed by atoms with Crippen molar-refractivity contribution >= 4 is 34.6 Å². The van der Waals surface area contributed by atoms with Crippen molar-refractivity contribution in [1.29, 1.82) is 0 Å². The Balaban J connectivity index is 1.69. The first-order valence-corrected chi connectivity index (χ1v) is 11.4. The van der Waals surface area contributed by atoms with E-state index < -0.39 is 0 Å². The topological polar surface area (TPSA) is 59.9 Å². The summed E-state index contributed by atoms with van der Waals surface area (Å²) in [5.41, 5.74) is 3.09. The van der Waals surface area contributed by atoms with Crippen molar-refractivity contribution < 1.29 is 4.74 Å². The van der Waals surface area contributed by atoms with Gasteiger partial charge in [-0.15, -0.1) is 5.10 Å². The number of benzene rings is 2. The molecule has 4 aromatic rings. The van der Waals surface area contributed by atoms with E-state index in [9.17, 15) is 4.79 Å². The Labute approximate surface area is 198 Å². The Morgan fingerprint density at radius 2 is 1.79 bits per heavy atom. The van der Waals surface area contributed by atoms with Gasteiger partial charge >= 0.3 is 0 Å². The van der Waals surface area contributed by atoms with Gasteiger partial charge in [-0.1, -0.05) is 24.3 Å². The number of ether oxygens (including phenoxy) is 1. The van der Waals surface area contributed by atoms with Crippen LogP contribution in [0.15, 0.2) is 53.3 Å². The first kappa shape index (κ1) is 23.2. The SMILES string of the molecule is COCCCn1c(=O)c2ccccc2n2c(=S)n(CN(C)Cc3ccc(N(C)C)cc3)nc12. The molecule has 0 saturated heterocycles. The summed E-state index contributed by atoms with van der Waals surface area (Å²) in [6.45, 7) is 2.35. The molecule has 9 heteroatoms. The maximum atomic E-state index is 13.2. The fraction of sp³-hybridized carbons (Fsp3) is 0.375. The average molecular weight is 467 g/mol. The van der Waals surface area contributed by atoms with E-state index in [0.717, 1.165) is 12.1 Å². The molecule has 0 amide bonds. The highest BCUT2D eigenvalue weighted by molar-refractivity contribution is 7.71. The van der Waals surface area contributed by atoms with E-state index >= 15 is 0 Å². The van der Waals surface area contributed by atoms with E-state index in [-0.39, 0.29) is 5.56 Å². The van der Waals surface area contributed by atoms with Crippen molar-refractivity contribution in [3.8, 4) is 0 Å². The van der Waals surface area contributed by atoms with Gasteiger partial charge in [0.15, 0.2) is 0 Å². The van der Waals surface area contributed by atoms with Gasteiger partial charge in [0.2, 0.25) is 10.5 Å². The van der Waals surface area contributed by atoms with E-state index in [1.807, 2.05) is 49.8 Å². The number of aryl methyl sites for hydroxylation is 1. The molecule has 0 aliphatic rings. The van der Waals surface area contributed by atoms with Crippen LogP contribution in [0.5, 0.6) is 0 Å². The van der Waals surface area contributed by atoms with Gasteiger partial charge in [0.25, 0.3) is 5.56 Å². The molecule has 0 aliphatic heterocycles. The third-order valence-electron chi connectivity index (χ3n) is 5.69. The zero-order valence-electron chi connectivity index (χ0n) is 19.6. The highest BCUT2D eigenvalue weighted by atomic mass is 32.1. The molecule has 174 valence electrons. The number of aromatic nitrogens is 4. The Hall–Kier alpha value is -3.01. The smallest absolute Gasteiger partial charge is 0.262 e. The first-order valence-electron chi connectivity index (χ1n) is 11.0. The van der Waals surface area contributed by atoms with Gasteiger partial charge in [0, 0.05) is 46.6 Å². The van der Waals surface area contributed by atoms with Crippen LogP contribution in [-0.4, -0.2) is 58.5 Å². The second-order valence-corrected chi connectivity index (χ2v) is 8.82. The monoisotopic (exact) mass is 466 g/mol. The molecule has 0 saturated carbocycles. The Morgan fingerprint density at radius 1 is 1.06 bits per heavy atom.